The second kappa shape index (κ2) is 8.10. The summed E-state index contributed by atoms with van der Waals surface area (Å²) in [6.07, 6.45) is 2.71. The number of carbonyl (C=O) groups is 2. The Hall–Kier alpha value is -3.28. The molecular weight excluding hydrogens is 388 g/mol. The topological polar surface area (TPSA) is 68.4 Å². The summed E-state index contributed by atoms with van der Waals surface area (Å²) in [7, 11) is 0. The van der Waals surface area contributed by atoms with Crippen molar-refractivity contribution in [3.8, 4) is 0 Å². The molecule has 2 aliphatic heterocycles. The van der Waals surface area contributed by atoms with Crippen LogP contribution in [0.3, 0.4) is 0 Å². The Kier molecular flexibility index (Phi) is 5.14. The van der Waals surface area contributed by atoms with E-state index in [1.165, 1.54) is 0 Å². The number of amides is 3. The number of aromatic nitrogens is 1. The Morgan fingerprint density at radius 1 is 1.06 bits per heavy atom. The van der Waals surface area contributed by atoms with Crippen LogP contribution in [-0.4, -0.2) is 52.9 Å². The molecule has 0 unspecified atom stereocenters. The van der Waals surface area contributed by atoms with Crippen molar-refractivity contribution in [1.29, 1.82) is 0 Å². The number of likely N-dealkylation sites (tertiary alicyclic amines) is 1. The van der Waals surface area contributed by atoms with Gasteiger partial charge in [0.1, 0.15) is 0 Å². The van der Waals surface area contributed by atoms with Crippen molar-refractivity contribution in [2.24, 2.45) is 5.92 Å². The first-order valence-electron chi connectivity index (χ1n) is 11.1. The van der Waals surface area contributed by atoms with Gasteiger partial charge in [0.05, 0.1) is 5.56 Å². The summed E-state index contributed by atoms with van der Waals surface area (Å²) in [6.45, 7) is 4.97. The summed E-state index contributed by atoms with van der Waals surface area (Å²) in [4.78, 5) is 33.2. The fourth-order valence-electron chi connectivity index (χ4n) is 4.85. The van der Waals surface area contributed by atoms with Gasteiger partial charge >= 0.3 is 6.03 Å². The first kappa shape index (κ1) is 19.7. The van der Waals surface area contributed by atoms with E-state index in [1.807, 2.05) is 65.3 Å². The Labute approximate surface area is 182 Å². The number of nitrogens with zero attached hydrogens (tertiary/aromatic N) is 2. The number of hydrogen-bond donors (Lipinski definition) is 2. The molecule has 3 aromatic rings. The van der Waals surface area contributed by atoms with Crippen molar-refractivity contribution in [1.82, 2.24) is 14.8 Å². The maximum atomic E-state index is 13.2. The lowest BCUT2D eigenvalue weighted by Gasteiger charge is -2.36. The van der Waals surface area contributed by atoms with E-state index in [2.05, 4.69) is 10.3 Å². The van der Waals surface area contributed by atoms with Gasteiger partial charge in [-0.2, -0.15) is 0 Å². The summed E-state index contributed by atoms with van der Waals surface area (Å²) in [5.74, 6) is 0.566. The second-order valence-corrected chi connectivity index (χ2v) is 8.70. The molecule has 0 saturated carbocycles. The molecule has 2 N–H and O–H groups in total. The number of anilines is 1. The SMILES string of the molecule is Cc1ccccc1NC(=O)N1CCC(CN2CCc3[nH]c4ccccc4c3C2=O)CC1. The van der Waals surface area contributed by atoms with Gasteiger partial charge in [0.15, 0.2) is 0 Å². The zero-order valence-corrected chi connectivity index (χ0v) is 17.9. The highest BCUT2D eigenvalue weighted by Gasteiger charge is 2.31. The third-order valence-electron chi connectivity index (χ3n) is 6.68. The van der Waals surface area contributed by atoms with Gasteiger partial charge in [-0.25, -0.2) is 4.79 Å². The molecule has 31 heavy (non-hydrogen) atoms. The summed E-state index contributed by atoms with van der Waals surface area (Å²) < 4.78 is 0. The highest BCUT2D eigenvalue weighted by Crippen LogP contribution is 2.29. The molecular formula is C25H28N4O2. The number of carbonyl (C=O) groups excluding carboxylic acids is 2. The molecule has 0 bridgehead atoms. The Balaban J connectivity index is 1.19. The van der Waals surface area contributed by atoms with E-state index in [9.17, 15) is 9.59 Å². The number of aryl methyl sites for hydroxylation is 1. The van der Waals surface area contributed by atoms with E-state index in [0.717, 1.165) is 78.9 Å². The predicted octanol–water partition coefficient (Wildman–Crippen LogP) is 4.42. The van der Waals surface area contributed by atoms with Crippen LogP contribution in [0.5, 0.6) is 0 Å². The molecule has 6 nitrogen and oxygen atoms in total. The van der Waals surface area contributed by atoms with Crippen LogP contribution in [0.2, 0.25) is 0 Å². The zero-order valence-electron chi connectivity index (χ0n) is 17.9. The van der Waals surface area contributed by atoms with Crippen LogP contribution in [0.4, 0.5) is 10.5 Å². The lowest BCUT2D eigenvalue weighted by Crippen LogP contribution is -2.45. The van der Waals surface area contributed by atoms with Crippen LogP contribution < -0.4 is 5.32 Å². The molecule has 0 aliphatic carbocycles. The third-order valence-corrected chi connectivity index (χ3v) is 6.68. The largest absolute Gasteiger partial charge is 0.358 e. The molecule has 0 atom stereocenters. The van der Waals surface area contributed by atoms with Crippen molar-refractivity contribution >= 4 is 28.5 Å². The highest BCUT2D eigenvalue weighted by atomic mass is 16.2. The molecule has 1 aromatic heterocycles. The quantitative estimate of drug-likeness (QED) is 0.664. The number of piperidine rings is 1. The number of aromatic amines is 1. The van der Waals surface area contributed by atoms with Gasteiger partial charge in [0.2, 0.25) is 0 Å². The van der Waals surface area contributed by atoms with E-state index >= 15 is 0 Å². The number of hydrogen-bond acceptors (Lipinski definition) is 2. The van der Waals surface area contributed by atoms with Crippen LogP contribution in [0, 0.1) is 12.8 Å². The summed E-state index contributed by atoms with van der Waals surface area (Å²) in [5, 5.41) is 4.05. The molecule has 1 fully saturated rings. The van der Waals surface area contributed by atoms with E-state index in [-0.39, 0.29) is 11.9 Å². The van der Waals surface area contributed by atoms with Gasteiger partial charge in [-0.1, -0.05) is 36.4 Å². The standard InChI is InChI=1S/C25H28N4O2/c1-17-6-2-4-8-20(17)27-25(31)28-13-10-18(11-14-28)16-29-15-12-22-23(24(29)30)19-7-3-5-9-21(19)26-22/h2-9,18,26H,10-16H2,1H3,(H,27,31). The van der Waals surface area contributed by atoms with Crippen molar-refractivity contribution in [3.63, 3.8) is 0 Å². The van der Waals surface area contributed by atoms with Gasteiger partial charge in [0.25, 0.3) is 5.91 Å². The smallest absolute Gasteiger partial charge is 0.321 e. The fraction of sp³-hybridized carbons (Fsp3) is 0.360. The Bertz CT molecular complexity index is 1130. The van der Waals surface area contributed by atoms with E-state index in [4.69, 9.17) is 0 Å². The number of para-hydroxylation sites is 2. The van der Waals surface area contributed by atoms with E-state index < -0.39 is 0 Å². The van der Waals surface area contributed by atoms with E-state index in [1.54, 1.807) is 0 Å². The average molecular weight is 417 g/mol. The molecule has 3 amide bonds. The molecule has 0 spiro atoms. The number of fused-ring (bicyclic) bond motifs is 3. The highest BCUT2D eigenvalue weighted by molar-refractivity contribution is 6.08. The number of rotatable bonds is 3. The monoisotopic (exact) mass is 416 g/mol. The van der Waals surface area contributed by atoms with Crippen LogP contribution >= 0.6 is 0 Å². The number of H-pyrrole nitrogens is 1. The molecule has 1 saturated heterocycles. The maximum absolute atomic E-state index is 13.2. The first-order valence-corrected chi connectivity index (χ1v) is 11.1. The molecule has 160 valence electrons. The number of nitrogens with one attached hydrogen (secondary N) is 2. The van der Waals surface area contributed by atoms with Crippen molar-refractivity contribution in [2.75, 3.05) is 31.5 Å². The van der Waals surface area contributed by atoms with Crippen molar-refractivity contribution in [3.05, 3.63) is 65.4 Å². The normalized spacial score (nSPS) is 17.1. The molecule has 0 radical (unpaired) electrons. The van der Waals surface area contributed by atoms with Gasteiger partial charge < -0.3 is 20.1 Å². The summed E-state index contributed by atoms with van der Waals surface area (Å²) in [6, 6.07) is 15.8. The average Bonchev–Trinajstić information content (AvgIpc) is 3.17. The number of urea groups is 1. The molecule has 2 aromatic carbocycles. The van der Waals surface area contributed by atoms with Crippen LogP contribution in [0.25, 0.3) is 10.9 Å². The third kappa shape index (κ3) is 3.78. The van der Waals surface area contributed by atoms with Gasteiger partial charge in [0, 0.05) is 54.9 Å². The van der Waals surface area contributed by atoms with Gasteiger partial charge in [-0.05, 0) is 43.4 Å². The maximum Gasteiger partial charge on any atom is 0.321 e. The predicted molar refractivity (Wildman–Crippen MR) is 122 cm³/mol. The van der Waals surface area contributed by atoms with Crippen molar-refractivity contribution < 1.29 is 9.59 Å². The lowest BCUT2D eigenvalue weighted by atomic mass is 9.94. The zero-order chi connectivity index (χ0) is 21.4. The van der Waals surface area contributed by atoms with Crippen LogP contribution in [-0.2, 0) is 6.42 Å². The number of benzene rings is 2. The molecule has 2 aliphatic rings. The fourth-order valence-corrected chi connectivity index (χ4v) is 4.85. The summed E-state index contributed by atoms with van der Waals surface area (Å²) in [5.41, 5.74) is 4.87. The second-order valence-electron chi connectivity index (χ2n) is 8.70. The minimum atomic E-state index is -0.0368. The Morgan fingerprint density at radius 2 is 1.81 bits per heavy atom. The Morgan fingerprint density at radius 3 is 2.61 bits per heavy atom. The minimum absolute atomic E-state index is 0.0368. The minimum Gasteiger partial charge on any atom is -0.358 e. The van der Waals surface area contributed by atoms with Gasteiger partial charge in [-0.3, -0.25) is 4.79 Å². The molecule has 5 rings (SSSR count). The lowest BCUT2D eigenvalue weighted by molar-refractivity contribution is 0.0684. The first-order chi connectivity index (χ1) is 15.1. The van der Waals surface area contributed by atoms with Gasteiger partial charge in [-0.15, -0.1) is 0 Å². The summed E-state index contributed by atoms with van der Waals surface area (Å²) >= 11 is 0. The molecule has 6 heteroatoms. The molecule has 3 heterocycles. The van der Waals surface area contributed by atoms with Crippen LogP contribution in [0.15, 0.2) is 48.5 Å². The van der Waals surface area contributed by atoms with E-state index in [0.29, 0.717) is 5.92 Å². The van der Waals surface area contributed by atoms with Crippen LogP contribution in [0.1, 0.15) is 34.5 Å². The van der Waals surface area contributed by atoms with Crippen molar-refractivity contribution in [2.45, 2.75) is 26.2 Å².